The van der Waals surface area contributed by atoms with Gasteiger partial charge in [-0.05, 0) is 24.6 Å². The molecule has 2 rings (SSSR count). The maximum Gasteiger partial charge on any atom is 0.224 e. The first-order chi connectivity index (χ1) is 9.95. The second-order valence-electron chi connectivity index (χ2n) is 6.19. The molecule has 1 aromatic rings. The molecule has 1 saturated carbocycles. The highest BCUT2D eigenvalue weighted by molar-refractivity contribution is 5.79. The SMILES string of the molecule is CCO[C@@H]1C[C@@](CO)(NC(=O)Cc2ccncc2)C1(C)C. The number of aliphatic hydroxyl groups is 1. The fraction of sp³-hybridized carbons (Fsp3) is 0.625. The number of carbonyl (C=O) groups excluding carboxylic acids is 1. The Morgan fingerprint density at radius 3 is 2.67 bits per heavy atom. The molecule has 1 aliphatic rings. The van der Waals surface area contributed by atoms with Gasteiger partial charge in [-0.25, -0.2) is 0 Å². The number of aromatic nitrogens is 1. The Kier molecular flexibility index (Phi) is 4.64. The highest BCUT2D eigenvalue weighted by atomic mass is 16.5. The highest BCUT2D eigenvalue weighted by Crippen LogP contribution is 2.51. The number of pyridine rings is 1. The van der Waals surface area contributed by atoms with Gasteiger partial charge in [-0.3, -0.25) is 9.78 Å². The van der Waals surface area contributed by atoms with Gasteiger partial charge in [-0.2, -0.15) is 0 Å². The molecule has 0 bridgehead atoms. The summed E-state index contributed by atoms with van der Waals surface area (Å²) in [4.78, 5) is 16.2. The van der Waals surface area contributed by atoms with Crippen molar-refractivity contribution in [2.75, 3.05) is 13.2 Å². The van der Waals surface area contributed by atoms with Crippen LogP contribution in [0.4, 0.5) is 0 Å². The smallest absolute Gasteiger partial charge is 0.224 e. The molecule has 5 heteroatoms. The molecule has 1 aromatic heterocycles. The predicted molar refractivity (Wildman–Crippen MR) is 79.7 cm³/mol. The molecule has 0 aliphatic heterocycles. The van der Waals surface area contributed by atoms with E-state index in [1.54, 1.807) is 12.4 Å². The van der Waals surface area contributed by atoms with Crippen LogP contribution in [-0.2, 0) is 16.0 Å². The standard InChI is InChI=1S/C16H24N2O3/c1-4-21-13-10-16(11-19,15(13,2)3)18-14(20)9-12-5-7-17-8-6-12/h5-8,13,19H,4,9-11H2,1-3H3,(H,18,20)/t13-,16+/m1/s1. The lowest BCUT2D eigenvalue weighted by Crippen LogP contribution is -2.74. The topological polar surface area (TPSA) is 71.5 Å². The lowest BCUT2D eigenvalue weighted by Gasteiger charge is -2.60. The molecule has 1 amide bonds. The summed E-state index contributed by atoms with van der Waals surface area (Å²) < 4.78 is 5.68. The summed E-state index contributed by atoms with van der Waals surface area (Å²) in [5.41, 5.74) is 0.0249. The van der Waals surface area contributed by atoms with Gasteiger partial charge in [0.15, 0.2) is 0 Å². The van der Waals surface area contributed by atoms with Crippen molar-refractivity contribution in [2.45, 2.75) is 45.3 Å². The van der Waals surface area contributed by atoms with E-state index in [2.05, 4.69) is 10.3 Å². The third kappa shape index (κ3) is 2.94. The lowest BCUT2D eigenvalue weighted by molar-refractivity contribution is -0.180. The number of hydrogen-bond donors (Lipinski definition) is 2. The van der Waals surface area contributed by atoms with Crippen LogP contribution in [0.1, 0.15) is 32.8 Å². The van der Waals surface area contributed by atoms with Crippen LogP contribution in [0.3, 0.4) is 0 Å². The molecule has 0 spiro atoms. The van der Waals surface area contributed by atoms with Crippen LogP contribution in [0.5, 0.6) is 0 Å². The van der Waals surface area contributed by atoms with Gasteiger partial charge in [-0.1, -0.05) is 13.8 Å². The monoisotopic (exact) mass is 292 g/mol. The molecule has 1 heterocycles. The van der Waals surface area contributed by atoms with Crippen molar-refractivity contribution in [2.24, 2.45) is 5.41 Å². The van der Waals surface area contributed by atoms with Gasteiger partial charge < -0.3 is 15.2 Å². The Balaban J connectivity index is 2.01. The summed E-state index contributed by atoms with van der Waals surface area (Å²) in [5, 5.41) is 12.8. The minimum atomic E-state index is -0.600. The first kappa shape index (κ1) is 15.9. The number of nitrogens with zero attached hydrogens (tertiary/aromatic N) is 1. The van der Waals surface area contributed by atoms with Gasteiger partial charge in [0.05, 0.1) is 24.7 Å². The van der Waals surface area contributed by atoms with E-state index < -0.39 is 5.54 Å². The number of hydrogen-bond acceptors (Lipinski definition) is 4. The number of nitrogens with one attached hydrogen (secondary N) is 1. The first-order valence-electron chi connectivity index (χ1n) is 7.37. The number of carbonyl (C=O) groups is 1. The van der Waals surface area contributed by atoms with Crippen LogP contribution in [0, 0.1) is 5.41 Å². The Hall–Kier alpha value is -1.46. The number of rotatable bonds is 6. The summed E-state index contributed by atoms with van der Waals surface area (Å²) in [6, 6.07) is 3.64. The van der Waals surface area contributed by atoms with Crippen molar-refractivity contribution < 1.29 is 14.6 Å². The van der Waals surface area contributed by atoms with E-state index in [0.29, 0.717) is 19.4 Å². The van der Waals surface area contributed by atoms with Crippen LogP contribution < -0.4 is 5.32 Å². The fourth-order valence-corrected chi connectivity index (χ4v) is 3.00. The second kappa shape index (κ2) is 6.12. The molecule has 0 aromatic carbocycles. The van der Waals surface area contributed by atoms with E-state index in [4.69, 9.17) is 4.74 Å². The van der Waals surface area contributed by atoms with Gasteiger partial charge in [0, 0.05) is 30.8 Å². The zero-order chi connectivity index (χ0) is 15.5. The van der Waals surface area contributed by atoms with Crippen molar-refractivity contribution >= 4 is 5.91 Å². The average molecular weight is 292 g/mol. The van der Waals surface area contributed by atoms with Crippen LogP contribution in [-0.4, -0.2) is 40.9 Å². The summed E-state index contributed by atoms with van der Waals surface area (Å²) in [6.07, 6.45) is 4.34. The zero-order valence-corrected chi connectivity index (χ0v) is 12.9. The van der Waals surface area contributed by atoms with E-state index in [-0.39, 0.29) is 24.0 Å². The van der Waals surface area contributed by atoms with Gasteiger partial charge in [0.1, 0.15) is 0 Å². The predicted octanol–water partition coefficient (Wildman–Crippen LogP) is 1.31. The minimum absolute atomic E-state index is 0.0656. The summed E-state index contributed by atoms with van der Waals surface area (Å²) >= 11 is 0. The second-order valence-corrected chi connectivity index (χ2v) is 6.19. The molecule has 2 N–H and O–H groups in total. The Bertz CT molecular complexity index is 490. The molecule has 1 aliphatic carbocycles. The summed E-state index contributed by atoms with van der Waals surface area (Å²) in [5.74, 6) is -0.0849. The van der Waals surface area contributed by atoms with Crippen molar-refractivity contribution in [3.63, 3.8) is 0 Å². The quantitative estimate of drug-likeness (QED) is 0.829. The third-order valence-corrected chi connectivity index (χ3v) is 4.70. The molecule has 0 saturated heterocycles. The Morgan fingerprint density at radius 2 is 2.14 bits per heavy atom. The van der Waals surface area contributed by atoms with Gasteiger partial charge in [0.25, 0.3) is 0 Å². The third-order valence-electron chi connectivity index (χ3n) is 4.70. The minimum Gasteiger partial charge on any atom is -0.394 e. The van der Waals surface area contributed by atoms with Crippen LogP contribution in [0.15, 0.2) is 24.5 Å². The average Bonchev–Trinajstić information content (AvgIpc) is 2.46. The molecule has 1 fully saturated rings. The first-order valence-corrected chi connectivity index (χ1v) is 7.37. The Morgan fingerprint density at radius 1 is 1.48 bits per heavy atom. The fourth-order valence-electron chi connectivity index (χ4n) is 3.00. The van der Waals surface area contributed by atoms with Crippen LogP contribution >= 0.6 is 0 Å². The summed E-state index contributed by atoms with van der Waals surface area (Å²) in [6.45, 7) is 6.57. The van der Waals surface area contributed by atoms with E-state index in [1.165, 1.54) is 0 Å². The number of ether oxygens (including phenoxy) is 1. The number of aliphatic hydroxyl groups excluding tert-OH is 1. The van der Waals surface area contributed by atoms with Crippen molar-refractivity contribution in [3.05, 3.63) is 30.1 Å². The zero-order valence-electron chi connectivity index (χ0n) is 12.9. The summed E-state index contributed by atoms with van der Waals surface area (Å²) in [7, 11) is 0. The van der Waals surface area contributed by atoms with Gasteiger partial charge >= 0.3 is 0 Å². The molecule has 0 radical (unpaired) electrons. The van der Waals surface area contributed by atoms with Crippen molar-refractivity contribution in [1.82, 2.24) is 10.3 Å². The van der Waals surface area contributed by atoms with E-state index in [9.17, 15) is 9.90 Å². The normalized spacial score (nSPS) is 27.0. The maximum absolute atomic E-state index is 12.2. The van der Waals surface area contributed by atoms with Gasteiger partial charge in [-0.15, -0.1) is 0 Å². The maximum atomic E-state index is 12.2. The molecule has 0 unspecified atom stereocenters. The molecular formula is C16H24N2O3. The Labute approximate surface area is 125 Å². The van der Waals surface area contributed by atoms with E-state index >= 15 is 0 Å². The lowest BCUT2D eigenvalue weighted by atomic mass is 9.54. The van der Waals surface area contributed by atoms with E-state index in [1.807, 2.05) is 32.9 Å². The van der Waals surface area contributed by atoms with Crippen LogP contribution in [0.25, 0.3) is 0 Å². The molecule has 21 heavy (non-hydrogen) atoms. The largest absolute Gasteiger partial charge is 0.394 e. The molecule has 116 valence electrons. The number of amides is 1. The van der Waals surface area contributed by atoms with Crippen molar-refractivity contribution in [3.8, 4) is 0 Å². The van der Waals surface area contributed by atoms with E-state index in [0.717, 1.165) is 5.56 Å². The van der Waals surface area contributed by atoms with Crippen LogP contribution in [0.2, 0.25) is 0 Å². The molecular weight excluding hydrogens is 268 g/mol. The van der Waals surface area contributed by atoms with Gasteiger partial charge in [0.2, 0.25) is 5.91 Å². The van der Waals surface area contributed by atoms with Crippen molar-refractivity contribution in [1.29, 1.82) is 0 Å². The molecule has 2 atom stereocenters. The highest BCUT2D eigenvalue weighted by Gasteiger charge is 2.61. The molecule has 5 nitrogen and oxygen atoms in total.